The number of likely N-dealkylation sites (N-methyl/N-ethyl adjacent to an activating group) is 1. The van der Waals surface area contributed by atoms with E-state index in [0.29, 0.717) is 30.4 Å². The molecule has 7 heteroatoms. The third kappa shape index (κ3) is 4.67. The maximum Gasteiger partial charge on any atom is 0.328 e. The van der Waals surface area contributed by atoms with Crippen LogP contribution in [0.4, 0.5) is 0 Å². The molecule has 1 aliphatic heterocycles. The summed E-state index contributed by atoms with van der Waals surface area (Å²) >= 11 is 0. The Kier molecular flexibility index (Phi) is 5.93. The summed E-state index contributed by atoms with van der Waals surface area (Å²) in [5, 5.41) is 15.6. The minimum atomic E-state index is -1.26. The van der Waals surface area contributed by atoms with E-state index in [4.69, 9.17) is 14.9 Å². The third-order valence-corrected chi connectivity index (χ3v) is 4.40. The average molecular weight is 347 g/mol. The molecule has 1 heterocycles. The Balaban J connectivity index is 0.000000242. The lowest BCUT2D eigenvalue weighted by Crippen LogP contribution is -2.23. The first kappa shape index (κ1) is 18.7. The lowest BCUT2D eigenvalue weighted by Gasteiger charge is -2.26. The zero-order chi connectivity index (χ0) is 18.6. The maximum absolute atomic E-state index is 12.1. The molecule has 0 saturated carbocycles. The number of methoxy groups -OCH3 is 1. The van der Waals surface area contributed by atoms with Gasteiger partial charge in [0.25, 0.3) is 0 Å². The number of fused-ring (bicyclic) bond motifs is 3. The van der Waals surface area contributed by atoms with Gasteiger partial charge < -0.3 is 19.8 Å². The minimum absolute atomic E-state index is 0.274. The number of carboxylic acid groups (broad SMARTS) is 2. The molecular formula is C18H21NO6. The van der Waals surface area contributed by atoms with Crippen LogP contribution in [0.1, 0.15) is 28.3 Å². The van der Waals surface area contributed by atoms with Gasteiger partial charge in [-0.15, -0.1) is 0 Å². The van der Waals surface area contributed by atoms with Gasteiger partial charge in [0.1, 0.15) is 5.75 Å². The Morgan fingerprint density at radius 2 is 1.84 bits per heavy atom. The highest BCUT2D eigenvalue weighted by Gasteiger charge is 2.39. The van der Waals surface area contributed by atoms with E-state index in [0.717, 1.165) is 24.4 Å². The molecule has 2 N–H and O–H groups in total. The minimum Gasteiger partial charge on any atom is -0.497 e. The molecule has 0 aromatic heterocycles. The van der Waals surface area contributed by atoms with Crippen LogP contribution in [0.15, 0.2) is 30.4 Å². The van der Waals surface area contributed by atoms with E-state index in [1.165, 1.54) is 5.56 Å². The summed E-state index contributed by atoms with van der Waals surface area (Å²) < 4.78 is 5.20. The predicted octanol–water partition coefficient (Wildman–Crippen LogP) is 1.64. The Labute approximate surface area is 145 Å². The zero-order valence-corrected chi connectivity index (χ0v) is 14.1. The van der Waals surface area contributed by atoms with E-state index in [1.807, 2.05) is 12.1 Å². The summed E-state index contributed by atoms with van der Waals surface area (Å²) in [4.78, 5) is 33.6. The summed E-state index contributed by atoms with van der Waals surface area (Å²) in [5.41, 5.74) is 2.09. The molecule has 0 spiro atoms. The predicted molar refractivity (Wildman–Crippen MR) is 90.1 cm³/mol. The van der Waals surface area contributed by atoms with E-state index < -0.39 is 11.9 Å². The average Bonchev–Trinajstić information content (AvgIpc) is 2.93. The second kappa shape index (κ2) is 7.94. The molecule has 1 aliphatic carbocycles. The number of ether oxygens (including phenoxy) is 1. The first-order valence-electron chi connectivity index (χ1n) is 7.85. The van der Waals surface area contributed by atoms with Gasteiger partial charge in [-0.05, 0) is 30.7 Å². The van der Waals surface area contributed by atoms with E-state index in [9.17, 15) is 14.4 Å². The van der Waals surface area contributed by atoms with E-state index in [1.54, 1.807) is 7.11 Å². The van der Waals surface area contributed by atoms with Crippen molar-refractivity contribution in [2.24, 2.45) is 5.92 Å². The van der Waals surface area contributed by atoms with Crippen molar-refractivity contribution in [1.29, 1.82) is 0 Å². The smallest absolute Gasteiger partial charge is 0.328 e. The zero-order valence-electron chi connectivity index (χ0n) is 14.1. The summed E-state index contributed by atoms with van der Waals surface area (Å²) in [6.07, 6.45) is 1.81. The van der Waals surface area contributed by atoms with Gasteiger partial charge in [0.05, 0.1) is 7.11 Å². The van der Waals surface area contributed by atoms with Crippen molar-refractivity contribution < 1.29 is 29.3 Å². The molecule has 7 nitrogen and oxygen atoms in total. The number of ketones is 1. The highest BCUT2D eigenvalue weighted by atomic mass is 16.5. The van der Waals surface area contributed by atoms with Crippen LogP contribution in [0, 0.1) is 5.92 Å². The number of hydrogen-bond donors (Lipinski definition) is 2. The molecule has 1 saturated heterocycles. The van der Waals surface area contributed by atoms with Crippen molar-refractivity contribution in [2.75, 3.05) is 27.2 Å². The summed E-state index contributed by atoms with van der Waals surface area (Å²) in [7, 11) is 3.77. The first-order chi connectivity index (χ1) is 11.8. The highest BCUT2D eigenvalue weighted by Crippen LogP contribution is 2.41. The fourth-order valence-electron chi connectivity index (χ4n) is 3.36. The standard InChI is InChI=1S/C14H17NO2.C4H4O4/c1-15-7-9-5-14(16)12-6-10(17-2)3-4-11(12)13(9)8-15;5-3(6)1-2-4(7)8/h3-4,6,9,13H,5,7-8H2,1-2H3;1-2H,(H,5,6)(H,7,8)/t9-,13+;/m0./s1. The van der Waals surface area contributed by atoms with Crippen molar-refractivity contribution in [3.63, 3.8) is 0 Å². The molecule has 0 unspecified atom stereocenters. The van der Waals surface area contributed by atoms with Gasteiger partial charge in [0.2, 0.25) is 0 Å². The van der Waals surface area contributed by atoms with Gasteiger partial charge in [0.15, 0.2) is 5.78 Å². The summed E-state index contributed by atoms with van der Waals surface area (Å²) in [6, 6.07) is 5.93. The number of Topliss-reactive ketones (excluding diaryl/α,β-unsaturated/α-hetero) is 1. The van der Waals surface area contributed by atoms with Gasteiger partial charge >= 0.3 is 11.9 Å². The van der Waals surface area contributed by atoms with E-state index >= 15 is 0 Å². The van der Waals surface area contributed by atoms with Crippen molar-refractivity contribution in [2.45, 2.75) is 12.3 Å². The maximum atomic E-state index is 12.1. The van der Waals surface area contributed by atoms with Crippen LogP contribution in [0.25, 0.3) is 0 Å². The second-order valence-electron chi connectivity index (χ2n) is 6.18. The molecule has 0 bridgehead atoms. The number of carboxylic acids is 2. The Morgan fingerprint density at radius 1 is 1.20 bits per heavy atom. The molecule has 2 aliphatic rings. The van der Waals surface area contributed by atoms with Crippen LogP contribution in [0.3, 0.4) is 0 Å². The lowest BCUT2D eigenvalue weighted by atomic mass is 9.76. The Hall–Kier alpha value is -2.67. The number of hydrogen-bond acceptors (Lipinski definition) is 5. The molecule has 1 aromatic rings. The highest BCUT2D eigenvalue weighted by molar-refractivity contribution is 5.99. The van der Waals surface area contributed by atoms with Gasteiger partial charge in [-0.3, -0.25) is 4.79 Å². The topological polar surface area (TPSA) is 104 Å². The quantitative estimate of drug-likeness (QED) is 0.801. The number of benzene rings is 1. The van der Waals surface area contributed by atoms with Gasteiger partial charge in [0, 0.05) is 43.1 Å². The molecule has 2 atom stereocenters. The van der Waals surface area contributed by atoms with Crippen molar-refractivity contribution in [1.82, 2.24) is 4.90 Å². The molecule has 1 aromatic carbocycles. The van der Waals surface area contributed by atoms with E-state index in [-0.39, 0.29) is 5.78 Å². The summed E-state index contributed by atoms with van der Waals surface area (Å²) in [6.45, 7) is 2.11. The number of carbonyl (C=O) groups excluding carboxylic acids is 1. The van der Waals surface area contributed by atoms with Gasteiger partial charge in [-0.25, -0.2) is 9.59 Å². The number of nitrogens with zero attached hydrogens (tertiary/aromatic N) is 1. The van der Waals surface area contributed by atoms with Crippen LogP contribution >= 0.6 is 0 Å². The molecule has 3 rings (SSSR count). The monoisotopic (exact) mass is 347 g/mol. The van der Waals surface area contributed by atoms with Crippen molar-refractivity contribution in [3.05, 3.63) is 41.5 Å². The molecule has 25 heavy (non-hydrogen) atoms. The molecule has 134 valence electrons. The normalized spacial score (nSPS) is 21.9. The van der Waals surface area contributed by atoms with Gasteiger partial charge in [-0.2, -0.15) is 0 Å². The largest absolute Gasteiger partial charge is 0.497 e. The van der Waals surface area contributed by atoms with Crippen molar-refractivity contribution in [3.8, 4) is 5.75 Å². The molecule has 0 radical (unpaired) electrons. The van der Waals surface area contributed by atoms with Crippen LogP contribution in [0.2, 0.25) is 0 Å². The number of likely N-dealkylation sites (tertiary alicyclic amines) is 1. The summed E-state index contributed by atoms with van der Waals surface area (Å²) in [5.74, 6) is -0.427. The Bertz CT molecular complexity index is 696. The SMILES string of the molecule is COc1ccc2c(c1)C(=O)C[C@H]1CN(C)C[C@@H]21.O=C(O)C=CC(=O)O. The fourth-order valence-corrected chi connectivity index (χ4v) is 3.36. The third-order valence-electron chi connectivity index (χ3n) is 4.40. The first-order valence-corrected chi connectivity index (χ1v) is 7.85. The Morgan fingerprint density at radius 3 is 2.40 bits per heavy atom. The fraction of sp³-hybridized carbons (Fsp3) is 0.389. The molecule has 1 fully saturated rings. The number of carbonyl (C=O) groups is 3. The number of rotatable bonds is 3. The molecular weight excluding hydrogens is 326 g/mol. The van der Waals surface area contributed by atoms with Crippen LogP contribution in [-0.4, -0.2) is 60.1 Å². The van der Waals surface area contributed by atoms with Crippen LogP contribution < -0.4 is 4.74 Å². The van der Waals surface area contributed by atoms with Crippen LogP contribution in [-0.2, 0) is 9.59 Å². The number of aliphatic carboxylic acids is 2. The van der Waals surface area contributed by atoms with Gasteiger partial charge in [-0.1, -0.05) is 6.07 Å². The van der Waals surface area contributed by atoms with Crippen molar-refractivity contribution >= 4 is 17.7 Å². The van der Waals surface area contributed by atoms with Crippen LogP contribution in [0.5, 0.6) is 5.75 Å². The van der Waals surface area contributed by atoms with E-state index in [2.05, 4.69) is 18.0 Å². The lowest BCUT2D eigenvalue weighted by molar-refractivity contribution is -0.134. The molecule has 0 amide bonds. The second-order valence-corrected chi connectivity index (χ2v) is 6.18.